The van der Waals surface area contributed by atoms with Crippen LogP contribution in [0.2, 0.25) is 0 Å². The number of nitrogens with one attached hydrogen (secondary N) is 1. The second-order valence-electron chi connectivity index (χ2n) is 4.58. The first-order chi connectivity index (χ1) is 9.29. The van der Waals surface area contributed by atoms with Crippen molar-refractivity contribution >= 4 is 23.4 Å². The molecule has 0 radical (unpaired) electrons. The van der Waals surface area contributed by atoms with E-state index in [-0.39, 0.29) is 0 Å². The Morgan fingerprint density at radius 3 is 3.11 bits per heavy atom. The van der Waals surface area contributed by atoms with E-state index in [1.807, 2.05) is 36.0 Å². The molecule has 1 saturated heterocycles. The molecule has 5 heteroatoms. The molecule has 1 aliphatic rings. The molecule has 0 saturated carbocycles. The summed E-state index contributed by atoms with van der Waals surface area (Å²) < 4.78 is 5.17. The van der Waals surface area contributed by atoms with Crippen LogP contribution in [0.15, 0.2) is 29.3 Å². The lowest BCUT2D eigenvalue weighted by molar-refractivity contribution is 0.185. The molecule has 1 heterocycles. The second-order valence-corrected chi connectivity index (χ2v) is 5.98. The molecule has 2 rings (SSSR count). The zero-order valence-electron chi connectivity index (χ0n) is 11.3. The highest BCUT2D eigenvalue weighted by Gasteiger charge is 2.14. The molecule has 0 aromatic heterocycles. The number of aliphatic imine (C=N–C) groups is 1. The van der Waals surface area contributed by atoms with Gasteiger partial charge in [0, 0.05) is 23.6 Å². The zero-order chi connectivity index (χ0) is 13.5. The first kappa shape index (κ1) is 14.2. The van der Waals surface area contributed by atoms with Crippen LogP contribution in [-0.2, 0) is 11.3 Å². The van der Waals surface area contributed by atoms with E-state index in [4.69, 9.17) is 10.5 Å². The summed E-state index contributed by atoms with van der Waals surface area (Å²) in [6.07, 6.45) is 2.55. The van der Waals surface area contributed by atoms with E-state index in [1.54, 1.807) is 7.11 Å². The van der Waals surface area contributed by atoms with Gasteiger partial charge in [0.15, 0.2) is 5.96 Å². The van der Waals surface area contributed by atoms with E-state index < -0.39 is 0 Å². The maximum atomic E-state index is 5.94. The largest absolute Gasteiger partial charge is 0.380 e. The third kappa shape index (κ3) is 4.44. The van der Waals surface area contributed by atoms with Gasteiger partial charge in [0.25, 0.3) is 0 Å². The Morgan fingerprint density at radius 2 is 2.37 bits per heavy atom. The molecule has 1 aromatic carbocycles. The fourth-order valence-electron chi connectivity index (χ4n) is 2.09. The summed E-state index contributed by atoms with van der Waals surface area (Å²) in [7, 11) is 1.69. The number of hydrogen-bond donors (Lipinski definition) is 2. The topological polar surface area (TPSA) is 59.6 Å². The first-order valence-electron chi connectivity index (χ1n) is 6.55. The summed E-state index contributed by atoms with van der Waals surface area (Å²) in [5.74, 6) is 1.74. The minimum Gasteiger partial charge on any atom is -0.380 e. The molecule has 0 amide bonds. The number of rotatable bonds is 5. The quantitative estimate of drug-likeness (QED) is 0.642. The van der Waals surface area contributed by atoms with E-state index in [2.05, 4.69) is 10.3 Å². The Morgan fingerprint density at radius 1 is 1.53 bits per heavy atom. The van der Waals surface area contributed by atoms with Crippen molar-refractivity contribution < 1.29 is 4.74 Å². The van der Waals surface area contributed by atoms with Gasteiger partial charge in [0.1, 0.15) is 0 Å². The number of benzene rings is 1. The molecule has 0 bridgehead atoms. The number of nitrogens with zero attached hydrogens (tertiary/aromatic N) is 1. The monoisotopic (exact) mass is 279 g/mol. The molecule has 1 atom stereocenters. The van der Waals surface area contributed by atoms with Crippen molar-refractivity contribution in [1.29, 1.82) is 0 Å². The van der Waals surface area contributed by atoms with E-state index in [0.717, 1.165) is 17.8 Å². The Kier molecular flexibility index (Phi) is 5.54. The maximum Gasteiger partial charge on any atom is 0.193 e. The van der Waals surface area contributed by atoms with Crippen LogP contribution in [0, 0.1) is 0 Å². The van der Waals surface area contributed by atoms with Crippen LogP contribution >= 0.6 is 11.8 Å². The van der Waals surface area contributed by atoms with Crippen molar-refractivity contribution in [3.8, 4) is 0 Å². The highest BCUT2D eigenvalue weighted by Crippen LogP contribution is 2.26. The molecule has 0 aliphatic carbocycles. The SMILES string of the molecule is COCc1ccccc1NC(N)=NCC1CCCS1. The summed E-state index contributed by atoms with van der Waals surface area (Å²) >= 11 is 1.99. The van der Waals surface area contributed by atoms with E-state index in [9.17, 15) is 0 Å². The lowest BCUT2D eigenvalue weighted by Gasteiger charge is -2.11. The number of para-hydroxylation sites is 1. The average Bonchev–Trinajstić information content (AvgIpc) is 2.92. The van der Waals surface area contributed by atoms with Gasteiger partial charge < -0.3 is 15.8 Å². The summed E-state index contributed by atoms with van der Waals surface area (Å²) in [4.78, 5) is 4.42. The van der Waals surface area contributed by atoms with Crippen LogP contribution in [0.4, 0.5) is 5.69 Å². The van der Waals surface area contributed by atoms with Gasteiger partial charge in [-0.25, -0.2) is 0 Å². The molecule has 1 aliphatic heterocycles. The molecule has 3 N–H and O–H groups in total. The molecule has 19 heavy (non-hydrogen) atoms. The van der Waals surface area contributed by atoms with Gasteiger partial charge in [-0.15, -0.1) is 0 Å². The lowest BCUT2D eigenvalue weighted by Crippen LogP contribution is -2.24. The van der Waals surface area contributed by atoms with Gasteiger partial charge in [-0.3, -0.25) is 4.99 Å². The van der Waals surface area contributed by atoms with Gasteiger partial charge in [-0.05, 0) is 24.7 Å². The Labute approximate surface area is 118 Å². The molecule has 1 aromatic rings. The third-order valence-electron chi connectivity index (χ3n) is 3.07. The molecule has 1 fully saturated rings. The van der Waals surface area contributed by atoms with Crippen LogP contribution in [0.1, 0.15) is 18.4 Å². The van der Waals surface area contributed by atoms with E-state index in [1.165, 1.54) is 18.6 Å². The van der Waals surface area contributed by atoms with Crippen LogP contribution in [-0.4, -0.2) is 30.6 Å². The zero-order valence-corrected chi connectivity index (χ0v) is 12.1. The third-order valence-corrected chi connectivity index (χ3v) is 4.45. The number of methoxy groups -OCH3 is 1. The summed E-state index contributed by atoms with van der Waals surface area (Å²) in [5.41, 5.74) is 7.98. The van der Waals surface area contributed by atoms with Crippen molar-refractivity contribution in [2.45, 2.75) is 24.7 Å². The van der Waals surface area contributed by atoms with Crippen molar-refractivity contribution in [3.63, 3.8) is 0 Å². The highest BCUT2D eigenvalue weighted by molar-refractivity contribution is 8.00. The highest BCUT2D eigenvalue weighted by atomic mass is 32.2. The fourth-order valence-corrected chi connectivity index (χ4v) is 3.27. The molecule has 104 valence electrons. The number of anilines is 1. The van der Waals surface area contributed by atoms with Gasteiger partial charge in [0.2, 0.25) is 0 Å². The minimum absolute atomic E-state index is 0.482. The molecule has 1 unspecified atom stereocenters. The fraction of sp³-hybridized carbons (Fsp3) is 0.500. The standard InChI is InChI=1S/C14H21N3OS/c1-18-10-11-5-2-3-7-13(11)17-14(15)16-9-12-6-4-8-19-12/h2-3,5,7,12H,4,6,8-10H2,1H3,(H3,15,16,17). The number of guanidine groups is 1. The van der Waals surface area contributed by atoms with E-state index >= 15 is 0 Å². The smallest absolute Gasteiger partial charge is 0.193 e. The van der Waals surface area contributed by atoms with Gasteiger partial charge in [-0.1, -0.05) is 18.2 Å². The average molecular weight is 279 g/mol. The van der Waals surface area contributed by atoms with Crippen molar-refractivity contribution in [3.05, 3.63) is 29.8 Å². The molecule has 0 spiro atoms. The second kappa shape index (κ2) is 7.40. The van der Waals surface area contributed by atoms with Gasteiger partial charge in [0.05, 0.1) is 13.2 Å². The first-order valence-corrected chi connectivity index (χ1v) is 7.60. The normalized spacial score (nSPS) is 19.6. The van der Waals surface area contributed by atoms with Gasteiger partial charge >= 0.3 is 0 Å². The molecular formula is C14H21N3OS. The van der Waals surface area contributed by atoms with Crippen molar-refractivity contribution in [1.82, 2.24) is 0 Å². The van der Waals surface area contributed by atoms with Crippen molar-refractivity contribution in [2.75, 3.05) is 24.7 Å². The number of nitrogens with two attached hydrogens (primary N) is 1. The Bertz CT molecular complexity index is 430. The Balaban J connectivity index is 1.93. The summed E-state index contributed by atoms with van der Waals surface area (Å²) in [6.45, 7) is 1.37. The summed E-state index contributed by atoms with van der Waals surface area (Å²) in [6, 6.07) is 7.97. The predicted molar refractivity (Wildman–Crippen MR) is 82.7 cm³/mol. The van der Waals surface area contributed by atoms with Gasteiger partial charge in [-0.2, -0.15) is 11.8 Å². The summed E-state index contributed by atoms with van der Waals surface area (Å²) in [5, 5.41) is 3.79. The van der Waals surface area contributed by atoms with E-state index in [0.29, 0.717) is 17.8 Å². The number of hydrogen-bond acceptors (Lipinski definition) is 3. The molecule has 4 nitrogen and oxygen atoms in total. The lowest BCUT2D eigenvalue weighted by atomic mass is 10.2. The number of ether oxygens (including phenoxy) is 1. The van der Waals surface area contributed by atoms with Crippen molar-refractivity contribution in [2.24, 2.45) is 10.7 Å². The minimum atomic E-state index is 0.482. The number of thioether (sulfide) groups is 1. The maximum absolute atomic E-state index is 5.94. The van der Waals surface area contributed by atoms with Crippen LogP contribution in [0.3, 0.4) is 0 Å². The van der Waals surface area contributed by atoms with Crippen LogP contribution in [0.5, 0.6) is 0 Å². The predicted octanol–water partition coefficient (Wildman–Crippen LogP) is 2.46. The Hall–Kier alpha value is -1.20. The van der Waals surface area contributed by atoms with Crippen LogP contribution in [0.25, 0.3) is 0 Å². The molecular weight excluding hydrogens is 258 g/mol. The van der Waals surface area contributed by atoms with Crippen LogP contribution < -0.4 is 11.1 Å².